The Labute approximate surface area is 142 Å². The number of carbonyl (C=O) groups is 1. The summed E-state index contributed by atoms with van der Waals surface area (Å²) in [6.45, 7) is 7.78. The van der Waals surface area contributed by atoms with Gasteiger partial charge in [-0.3, -0.25) is 14.9 Å². The SMILES string of the molecule is CCOC1CCN(c2ccc(C(=O)NC(C)C)cc2[N+](=O)[O-])CC1. The van der Waals surface area contributed by atoms with Crippen molar-refractivity contribution in [2.24, 2.45) is 0 Å². The van der Waals surface area contributed by atoms with Crippen molar-refractivity contribution in [3.05, 3.63) is 33.9 Å². The van der Waals surface area contributed by atoms with Crippen LogP contribution < -0.4 is 10.2 Å². The second-order valence-electron chi connectivity index (χ2n) is 6.23. The van der Waals surface area contributed by atoms with Crippen LogP contribution in [0.2, 0.25) is 0 Å². The maximum absolute atomic E-state index is 12.1. The van der Waals surface area contributed by atoms with Crippen LogP contribution in [0.1, 0.15) is 44.0 Å². The van der Waals surface area contributed by atoms with Crippen molar-refractivity contribution in [2.75, 3.05) is 24.6 Å². The lowest BCUT2D eigenvalue weighted by Crippen LogP contribution is -2.37. The Kier molecular flexibility index (Phi) is 6.14. The minimum Gasteiger partial charge on any atom is -0.378 e. The van der Waals surface area contributed by atoms with Gasteiger partial charge in [0.25, 0.3) is 11.6 Å². The number of nitrogens with one attached hydrogen (secondary N) is 1. The molecule has 1 amide bonds. The molecule has 0 atom stereocenters. The predicted octanol–water partition coefficient (Wildman–Crippen LogP) is 2.74. The Morgan fingerprint density at radius 3 is 2.62 bits per heavy atom. The van der Waals surface area contributed by atoms with Crippen LogP contribution >= 0.6 is 0 Å². The van der Waals surface area contributed by atoms with Crippen LogP contribution in [-0.4, -0.2) is 42.7 Å². The number of hydrogen-bond acceptors (Lipinski definition) is 5. The number of nitro benzene ring substituents is 1. The summed E-state index contributed by atoms with van der Waals surface area (Å²) in [4.78, 5) is 25.1. The van der Waals surface area contributed by atoms with E-state index in [2.05, 4.69) is 5.32 Å². The molecule has 0 unspecified atom stereocenters. The van der Waals surface area contributed by atoms with Crippen LogP contribution in [0.15, 0.2) is 18.2 Å². The lowest BCUT2D eigenvalue weighted by molar-refractivity contribution is -0.384. The van der Waals surface area contributed by atoms with Crippen LogP contribution in [0, 0.1) is 10.1 Å². The second-order valence-corrected chi connectivity index (χ2v) is 6.23. The van der Waals surface area contributed by atoms with Gasteiger partial charge in [0.15, 0.2) is 0 Å². The van der Waals surface area contributed by atoms with Crippen molar-refractivity contribution in [2.45, 2.75) is 45.8 Å². The van der Waals surface area contributed by atoms with Gasteiger partial charge in [-0.05, 0) is 45.7 Å². The summed E-state index contributed by atoms with van der Waals surface area (Å²) in [5.41, 5.74) is 0.848. The number of nitrogens with zero attached hydrogens (tertiary/aromatic N) is 2. The summed E-state index contributed by atoms with van der Waals surface area (Å²) in [6.07, 6.45) is 1.92. The van der Waals surface area contributed by atoms with Crippen LogP contribution in [0.4, 0.5) is 11.4 Å². The van der Waals surface area contributed by atoms with Gasteiger partial charge in [-0.15, -0.1) is 0 Å². The number of benzene rings is 1. The first kappa shape index (κ1) is 18.2. The lowest BCUT2D eigenvalue weighted by Gasteiger charge is -2.33. The number of rotatable bonds is 6. The molecule has 1 aliphatic heterocycles. The van der Waals surface area contributed by atoms with E-state index in [1.165, 1.54) is 6.07 Å². The van der Waals surface area contributed by atoms with E-state index in [0.29, 0.717) is 30.9 Å². The zero-order valence-electron chi connectivity index (χ0n) is 14.4. The van der Waals surface area contributed by atoms with Gasteiger partial charge < -0.3 is 15.0 Å². The van der Waals surface area contributed by atoms with E-state index in [4.69, 9.17) is 4.74 Å². The maximum Gasteiger partial charge on any atom is 0.293 e. The van der Waals surface area contributed by atoms with Crippen molar-refractivity contribution >= 4 is 17.3 Å². The van der Waals surface area contributed by atoms with Gasteiger partial charge in [0.1, 0.15) is 5.69 Å². The van der Waals surface area contributed by atoms with Gasteiger partial charge in [0.2, 0.25) is 0 Å². The lowest BCUT2D eigenvalue weighted by atomic mass is 10.1. The summed E-state index contributed by atoms with van der Waals surface area (Å²) in [5, 5.41) is 14.2. The molecule has 1 heterocycles. The van der Waals surface area contributed by atoms with Crippen LogP contribution in [0.5, 0.6) is 0 Å². The third-order valence-corrected chi connectivity index (χ3v) is 4.04. The molecule has 7 nitrogen and oxygen atoms in total. The van der Waals surface area contributed by atoms with Crippen LogP contribution in [0.3, 0.4) is 0 Å². The highest BCUT2D eigenvalue weighted by Gasteiger charge is 2.26. The Hall–Kier alpha value is -2.15. The van der Waals surface area contributed by atoms with E-state index in [1.54, 1.807) is 12.1 Å². The van der Waals surface area contributed by atoms with Crippen molar-refractivity contribution in [3.8, 4) is 0 Å². The van der Waals surface area contributed by atoms with Gasteiger partial charge in [0, 0.05) is 37.4 Å². The summed E-state index contributed by atoms with van der Waals surface area (Å²) in [5.74, 6) is -0.297. The highest BCUT2D eigenvalue weighted by atomic mass is 16.6. The molecular formula is C17H25N3O4. The monoisotopic (exact) mass is 335 g/mol. The second kappa shape index (κ2) is 8.10. The first-order valence-electron chi connectivity index (χ1n) is 8.38. The quantitative estimate of drug-likeness (QED) is 0.638. The minimum atomic E-state index is -0.421. The normalized spacial score (nSPS) is 15.6. The fraction of sp³-hybridized carbons (Fsp3) is 0.588. The molecule has 0 aliphatic carbocycles. The molecule has 7 heteroatoms. The smallest absolute Gasteiger partial charge is 0.293 e. The molecule has 2 rings (SSSR count). The summed E-state index contributed by atoms with van der Waals surface area (Å²) in [7, 11) is 0. The zero-order valence-corrected chi connectivity index (χ0v) is 14.4. The first-order chi connectivity index (χ1) is 11.4. The molecule has 1 aromatic carbocycles. The number of piperidine rings is 1. The molecule has 0 saturated carbocycles. The molecule has 1 aliphatic rings. The number of hydrogen-bond donors (Lipinski definition) is 1. The van der Waals surface area contributed by atoms with Crippen molar-refractivity contribution < 1.29 is 14.5 Å². The van der Waals surface area contributed by atoms with E-state index < -0.39 is 4.92 Å². The third-order valence-electron chi connectivity index (χ3n) is 4.04. The summed E-state index contributed by atoms with van der Waals surface area (Å²) in [6, 6.07) is 4.67. The van der Waals surface area contributed by atoms with E-state index >= 15 is 0 Å². The molecule has 1 fully saturated rings. The maximum atomic E-state index is 12.1. The van der Waals surface area contributed by atoms with Crippen LogP contribution in [-0.2, 0) is 4.74 Å². The number of ether oxygens (including phenoxy) is 1. The topological polar surface area (TPSA) is 84.7 Å². The molecule has 0 bridgehead atoms. The van der Waals surface area contributed by atoms with Crippen molar-refractivity contribution in [1.82, 2.24) is 5.32 Å². The summed E-state index contributed by atoms with van der Waals surface area (Å²) >= 11 is 0. The number of amides is 1. The largest absolute Gasteiger partial charge is 0.378 e. The Bertz CT molecular complexity index is 595. The standard InChI is InChI=1S/C17H25N3O4/c1-4-24-14-7-9-19(10-8-14)15-6-5-13(11-16(15)20(22)23)17(21)18-12(2)3/h5-6,11-12,14H,4,7-10H2,1-3H3,(H,18,21). The molecule has 0 spiro atoms. The van der Waals surface area contributed by atoms with Gasteiger partial charge in [-0.2, -0.15) is 0 Å². The predicted molar refractivity (Wildman–Crippen MR) is 92.6 cm³/mol. The van der Waals surface area contributed by atoms with E-state index in [1.807, 2.05) is 25.7 Å². The van der Waals surface area contributed by atoms with Gasteiger partial charge in [0.05, 0.1) is 11.0 Å². The fourth-order valence-electron chi connectivity index (χ4n) is 2.92. The van der Waals surface area contributed by atoms with Crippen molar-refractivity contribution in [3.63, 3.8) is 0 Å². The third kappa shape index (κ3) is 4.44. The minimum absolute atomic E-state index is 0.0196. The highest BCUT2D eigenvalue weighted by Crippen LogP contribution is 2.31. The average Bonchev–Trinajstić information content (AvgIpc) is 2.54. The van der Waals surface area contributed by atoms with Gasteiger partial charge in [-0.1, -0.05) is 0 Å². The Morgan fingerprint density at radius 2 is 2.08 bits per heavy atom. The molecule has 1 saturated heterocycles. The molecule has 1 aromatic rings. The Morgan fingerprint density at radius 1 is 1.42 bits per heavy atom. The number of carbonyl (C=O) groups excluding carboxylic acids is 1. The molecule has 0 aromatic heterocycles. The summed E-state index contributed by atoms with van der Waals surface area (Å²) < 4.78 is 5.62. The number of anilines is 1. The highest BCUT2D eigenvalue weighted by molar-refractivity contribution is 5.95. The van der Waals surface area contributed by atoms with E-state index in [9.17, 15) is 14.9 Å². The molecule has 132 valence electrons. The molecular weight excluding hydrogens is 310 g/mol. The van der Waals surface area contributed by atoms with E-state index in [0.717, 1.165) is 12.8 Å². The number of nitro groups is 1. The first-order valence-corrected chi connectivity index (χ1v) is 8.38. The van der Waals surface area contributed by atoms with Crippen LogP contribution in [0.25, 0.3) is 0 Å². The van der Waals surface area contributed by atoms with E-state index in [-0.39, 0.29) is 23.7 Å². The Balaban J connectivity index is 2.19. The zero-order chi connectivity index (χ0) is 17.7. The van der Waals surface area contributed by atoms with Gasteiger partial charge >= 0.3 is 0 Å². The molecule has 24 heavy (non-hydrogen) atoms. The fourth-order valence-corrected chi connectivity index (χ4v) is 2.92. The average molecular weight is 335 g/mol. The molecule has 0 radical (unpaired) electrons. The van der Waals surface area contributed by atoms with Gasteiger partial charge in [-0.25, -0.2) is 0 Å². The molecule has 1 N–H and O–H groups in total. The van der Waals surface area contributed by atoms with Crippen molar-refractivity contribution in [1.29, 1.82) is 0 Å².